The number of nitrogens with one attached hydrogen (secondary N) is 1. The molecule has 0 aliphatic heterocycles. The van der Waals surface area contributed by atoms with E-state index in [4.69, 9.17) is 21.1 Å². The van der Waals surface area contributed by atoms with Crippen molar-refractivity contribution in [2.45, 2.75) is 51.6 Å². The molecular weight excluding hydrogens is 602 g/mol. The second-order valence-corrected chi connectivity index (χ2v) is 12.8. The summed E-state index contributed by atoms with van der Waals surface area (Å²) in [6, 6.07) is 20.9. The Morgan fingerprint density at radius 2 is 1.66 bits per heavy atom. The van der Waals surface area contributed by atoms with Gasteiger partial charge in [-0.3, -0.25) is 13.9 Å². The maximum absolute atomic E-state index is 14.0. The van der Waals surface area contributed by atoms with Gasteiger partial charge in [-0.2, -0.15) is 0 Å². The lowest BCUT2D eigenvalue weighted by Gasteiger charge is -2.32. The molecule has 1 N–H and O–H groups in total. The summed E-state index contributed by atoms with van der Waals surface area (Å²) in [6.07, 6.45) is 3.43. The molecule has 0 heterocycles. The number of anilines is 1. The van der Waals surface area contributed by atoms with Crippen LogP contribution in [0.5, 0.6) is 11.5 Å². The Morgan fingerprint density at radius 1 is 0.932 bits per heavy atom. The van der Waals surface area contributed by atoms with Crippen molar-refractivity contribution in [2.24, 2.45) is 0 Å². The first-order valence-electron chi connectivity index (χ1n) is 14.6. The van der Waals surface area contributed by atoms with E-state index in [-0.39, 0.29) is 42.8 Å². The Hall–Kier alpha value is -3.76. The van der Waals surface area contributed by atoms with Gasteiger partial charge in [0.1, 0.15) is 17.5 Å². The fraction of sp³-hybridized carbons (Fsp3) is 0.394. The number of hydrogen-bond donors (Lipinski definition) is 1. The van der Waals surface area contributed by atoms with E-state index < -0.39 is 16.1 Å². The van der Waals surface area contributed by atoms with Crippen molar-refractivity contribution in [3.8, 4) is 11.5 Å². The molecular formula is C33H42ClN3O6S. The summed E-state index contributed by atoms with van der Waals surface area (Å²) in [5, 5.41) is 3.29. The molecule has 3 rings (SSSR count). The highest BCUT2D eigenvalue weighted by Gasteiger charge is 2.30. The number of ether oxygens (including phenoxy) is 2. The molecule has 0 unspecified atom stereocenters. The molecule has 0 aliphatic carbocycles. The topological polar surface area (TPSA) is 105 Å². The van der Waals surface area contributed by atoms with Gasteiger partial charge < -0.3 is 19.7 Å². The van der Waals surface area contributed by atoms with Crippen LogP contribution in [0.1, 0.15) is 43.7 Å². The number of benzene rings is 3. The zero-order valence-electron chi connectivity index (χ0n) is 25.8. The number of unbranched alkanes of at least 4 members (excludes halogenated alkanes) is 1. The monoisotopic (exact) mass is 643 g/mol. The average molecular weight is 644 g/mol. The zero-order chi connectivity index (χ0) is 32.1. The molecule has 9 nitrogen and oxygen atoms in total. The van der Waals surface area contributed by atoms with E-state index >= 15 is 0 Å². The summed E-state index contributed by atoms with van der Waals surface area (Å²) in [7, 11) is -0.627. The van der Waals surface area contributed by atoms with Crippen molar-refractivity contribution in [1.29, 1.82) is 0 Å². The lowest BCUT2D eigenvalue weighted by molar-refractivity contribution is -0.141. The summed E-state index contributed by atoms with van der Waals surface area (Å²) in [6.45, 7) is 2.78. The van der Waals surface area contributed by atoms with Crippen LogP contribution in [0, 0.1) is 0 Å². The largest absolute Gasteiger partial charge is 0.497 e. The number of carbonyl (C=O) groups is 2. The van der Waals surface area contributed by atoms with Crippen molar-refractivity contribution in [3.05, 3.63) is 88.9 Å². The first kappa shape index (κ1) is 34.7. The zero-order valence-corrected chi connectivity index (χ0v) is 27.4. The van der Waals surface area contributed by atoms with Crippen LogP contribution in [0.2, 0.25) is 5.02 Å². The lowest BCUT2D eigenvalue weighted by atomic mass is 10.0. The molecule has 44 heavy (non-hydrogen) atoms. The normalized spacial score (nSPS) is 11.8. The van der Waals surface area contributed by atoms with E-state index in [1.54, 1.807) is 24.1 Å². The summed E-state index contributed by atoms with van der Waals surface area (Å²) < 4.78 is 37.3. The minimum absolute atomic E-state index is 0.0212. The van der Waals surface area contributed by atoms with Crippen molar-refractivity contribution in [2.75, 3.05) is 37.9 Å². The van der Waals surface area contributed by atoms with Gasteiger partial charge in [0.05, 0.1) is 31.2 Å². The molecule has 2 amide bonds. The van der Waals surface area contributed by atoms with Crippen LogP contribution in [-0.2, 0) is 32.6 Å². The van der Waals surface area contributed by atoms with Gasteiger partial charge >= 0.3 is 0 Å². The number of nitrogens with zero attached hydrogens (tertiary/aromatic N) is 2. The van der Waals surface area contributed by atoms with Crippen molar-refractivity contribution >= 4 is 39.1 Å². The fourth-order valence-electron chi connectivity index (χ4n) is 4.84. The minimum atomic E-state index is -3.68. The van der Waals surface area contributed by atoms with Gasteiger partial charge in [0.2, 0.25) is 21.8 Å². The van der Waals surface area contributed by atoms with Crippen LogP contribution < -0.4 is 19.1 Å². The van der Waals surface area contributed by atoms with Crippen LogP contribution in [0.3, 0.4) is 0 Å². The van der Waals surface area contributed by atoms with Crippen LogP contribution in [0.4, 0.5) is 5.69 Å². The maximum Gasteiger partial charge on any atom is 0.243 e. The highest BCUT2D eigenvalue weighted by molar-refractivity contribution is 7.92. The molecule has 1 atom stereocenters. The van der Waals surface area contributed by atoms with Crippen LogP contribution in [-0.4, -0.2) is 64.7 Å². The van der Waals surface area contributed by atoms with E-state index in [1.165, 1.54) is 17.5 Å². The Labute approximate surface area is 266 Å². The van der Waals surface area contributed by atoms with E-state index in [1.807, 2.05) is 61.5 Å². The molecule has 0 saturated heterocycles. The van der Waals surface area contributed by atoms with Crippen molar-refractivity contribution in [1.82, 2.24) is 10.2 Å². The number of rotatable bonds is 17. The number of halogens is 1. The molecule has 0 aliphatic rings. The third-order valence-electron chi connectivity index (χ3n) is 7.16. The van der Waals surface area contributed by atoms with E-state index in [0.29, 0.717) is 30.2 Å². The van der Waals surface area contributed by atoms with E-state index in [2.05, 4.69) is 5.32 Å². The van der Waals surface area contributed by atoms with Gasteiger partial charge in [0.25, 0.3) is 0 Å². The average Bonchev–Trinajstić information content (AvgIpc) is 3.01. The summed E-state index contributed by atoms with van der Waals surface area (Å²) in [4.78, 5) is 29.2. The Balaban J connectivity index is 1.89. The number of hydrogen-bond acceptors (Lipinski definition) is 6. The number of amides is 2. The molecule has 11 heteroatoms. The molecule has 0 fully saturated rings. The van der Waals surface area contributed by atoms with Gasteiger partial charge in [0, 0.05) is 32.5 Å². The first-order valence-corrected chi connectivity index (χ1v) is 16.8. The smallest absolute Gasteiger partial charge is 0.243 e. The molecule has 238 valence electrons. The molecule has 0 aromatic heterocycles. The maximum atomic E-state index is 14.0. The molecule has 0 spiro atoms. The predicted octanol–water partition coefficient (Wildman–Crippen LogP) is 5.46. The first-order chi connectivity index (χ1) is 21.1. The number of carbonyl (C=O) groups excluding carboxylic acids is 2. The van der Waals surface area contributed by atoms with Crippen molar-refractivity contribution in [3.63, 3.8) is 0 Å². The second kappa shape index (κ2) is 16.9. The number of sulfonamides is 1. The quantitative estimate of drug-likeness (QED) is 0.196. The Bertz CT molecular complexity index is 1490. The summed E-state index contributed by atoms with van der Waals surface area (Å²) >= 11 is 6.27. The highest BCUT2D eigenvalue weighted by Crippen LogP contribution is 2.30. The van der Waals surface area contributed by atoms with E-state index in [9.17, 15) is 18.0 Å². The van der Waals surface area contributed by atoms with Crippen LogP contribution in [0.15, 0.2) is 72.8 Å². The Morgan fingerprint density at radius 3 is 2.30 bits per heavy atom. The van der Waals surface area contributed by atoms with Crippen molar-refractivity contribution < 1.29 is 27.5 Å². The van der Waals surface area contributed by atoms with Crippen LogP contribution in [0.25, 0.3) is 0 Å². The van der Waals surface area contributed by atoms with Crippen LogP contribution >= 0.6 is 11.6 Å². The third-order valence-corrected chi connectivity index (χ3v) is 8.65. The molecule has 0 radical (unpaired) electrons. The molecule has 3 aromatic carbocycles. The SMILES string of the molecule is CCCCNC(=O)[C@H](Cc1ccccc1)N(Cc1cccc(OC)c1)C(=O)CCCN(c1ccc(OC)c(Cl)c1)S(C)(=O)=O. The minimum Gasteiger partial charge on any atom is -0.497 e. The fourth-order valence-corrected chi connectivity index (χ4v) is 6.05. The second-order valence-electron chi connectivity index (χ2n) is 10.5. The van der Waals surface area contributed by atoms with Gasteiger partial charge in [-0.1, -0.05) is 67.4 Å². The predicted molar refractivity (Wildman–Crippen MR) is 175 cm³/mol. The molecule has 0 bridgehead atoms. The molecule has 3 aromatic rings. The van der Waals surface area contributed by atoms with Gasteiger partial charge in [-0.15, -0.1) is 0 Å². The van der Waals surface area contributed by atoms with Gasteiger partial charge in [-0.25, -0.2) is 8.42 Å². The lowest BCUT2D eigenvalue weighted by Crippen LogP contribution is -2.50. The van der Waals surface area contributed by atoms with E-state index in [0.717, 1.165) is 30.2 Å². The van der Waals surface area contributed by atoms with Gasteiger partial charge in [0.15, 0.2) is 0 Å². The standard InChI is InChI=1S/C33H42ClN3O6S/c1-5-6-19-35-33(39)30(22-25-12-8-7-9-13-25)36(24-26-14-10-15-28(21-26)42-2)32(38)16-11-20-37(44(4,40)41)27-17-18-31(43-3)29(34)23-27/h7-10,12-15,17-18,21,23,30H,5-6,11,16,19-20,22,24H2,1-4H3,(H,35,39)/t30-/m0/s1. The van der Waals surface area contributed by atoms with Gasteiger partial charge in [-0.05, 0) is 54.3 Å². The summed E-state index contributed by atoms with van der Waals surface area (Å²) in [5.74, 6) is 0.572. The highest BCUT2D eigenvalue weighted by atomic mass is 35.5. The summed E-state index contributed by atoms with van der Waals surface area (Å²) in [5.41, 5.74) is 2.10. The number of methoxy groups -OCH3 is 2. The third kappa shape index (κ3) is 10.2. The molecule has 0 saturated carbocycles. The Kier molecular flexibility index (Phi) is 13.4.